The Kier molecular flexibility index (Phi) is 4.63. The van der Waals surface area contributed by atoms with Crippen molar-refractivity contribution in [2.75, 3.05) is 0 Å². The van der Waals surface area contributed by atoms with E-state index in [-0.39, 0.29) is 5.54 Å². The van der Waals surface area contributed by atoms with Crippen LogP contribution < -0.4 is 5.32 Å². The lowest BCUT2D eigenvalue weighted by Crippen LogP contribution is -2.39. The maximum Gasteiger partial charge on any atom is 0.0724 e. The molecule has 0 amide bonds. The van der Waals surface area contributed by atoms with Gasteiger partial charge in [-0.15, -0.1) is 0 Å². The van der Waals surface area contributed by atoms with Gasteiger partial charge in [0.05, 0.1) is 5.69 Å². The second kappa shape index (κ2) is 6.43. The molecule has 2 rings (SSSR count). The summed E-state index contributed by atoms with van der Waals surface area (Å²) in [5, 5.41) is 3.54. The van der Waals surface area contributed by atoms with Crippen LogP contribution in [0.4, 0.5) is 0 Å². The lowest BCUT2D eigenvalue weighted by molar-refractivity contribution is 0.358. The Labute approximate surface area is 115 Å². The monoisotopic (exact) mass is 255 g/mol. The van der Waals surface area contributed by atoms with Crippen molar-refractivity contribution in [3.63, 3.8) is 0 Å². The predicted octanol–water partition coefficient (Wildman–Crippen LogP) is 2.98. The molecule has 1 N–H and O–H groups in total. The van der Waals surface area contributed by atoms with Gasteiger partial charge in [-0.3, -0.25) is 9.97 Å². The summed E-state index contributed by atoms with van der Waals surface area (Å²) in [5.41, 5.74) is 2.46. The summed E-state index contributed by atoms with van der Waals surface area (Å²) in [5.74, 6) is 0. The maximum absolute atomic E-state index is 4.28. The highest BCUT2D eigenvalue weighted by Gasteiger charge is 2.16. The summed E-state index contributed by atoms with van der Waals surface area (Å²) in [7, 11) is 0. The number of rotatable bonds is 6. The highest BCUT2D eigenvalue weighted by Crippen LogP contribution is 2.14. The normalized spacial score (nSPS) is 11.5. The third-order valence-corrected chi connectivity index (χ3v) is 3.25. The Morgan fingerprint density at radius 2 is 1.89 bits per heavy atom. The number of hydrogen-bond donors (Lipinski definition) is 1. The fourth-order valence-corrected chi connectivity index (χ4v) is 1.94. The van der Waals surface area contributed by atoms with Crippen LogP contribution in [0.2, 0.25) is 0 Å². The van der Waals surface area contributed by atoms with E-state index in [0.29, 0.717) is 0 Å². The van der Waals surface area contributed by atoms with Crippen LogP contribution in [0.15, 0.2) is 48.9 Å². The summed E-state index contributed by atoms with van der Waals surface area (Å²) < 4.78 is 0. The number of nitrogens with one attached hydrogen (secondary N) is 1. The number of aromatic nitrogens is 2. The van der Waals surface area contributed by atoms with Crippen LogP contribution in [0.5, 0.6) is 0 Å². The van der Waals surface area contributed by atoms with E-state index < -0.39 is 0 Å². The van der Waals surface area contributed by atoms with Gasteiger partial charge < -0.3 is 5.32 Å². The first-order valence-corrected chi connectivity index (χ1v) is 6.70. The third kappa shape index (κ3) is 4.79. The molecule has 0 aliphatic carbocycles. The summed E-state index contributed by atoms with van der Waals surface area (Å²) in [6.45, 7) is 5.22. The summed E-state index contributed by atoms with van der Waals surface area (Å²) in [6.07, 6.45) is 7.41. The quantitative estimate of drug-likeness (QED) is 0.862. The molecule has 0 saturated carbocycles. The van der Waals surface area contributed by atoms with Gasteiger partial charge in [0, 0.05) is 30.7 Å². The molecular weight excluding hydrogens is 234 g/mol. The molecule has 0 atom stereocenters. The minimum atomic E-state index is 0.0906. The van der Waals surface area contributed by atoms with Crippen molar-refractivity contribution >= 4 is 0 Å². The molecule has 2 aromatic rings. The highest BCUT2D eigenvalue weighted by molar-refractivity contribution is 5.15. The van der Waals surface area contributed by atoms with Crippen molar-refractivity contribution in [1.82, 2.24) is 15.3 Å². The zero-order valence-electron chi connectivity index (χ0n) is 11.6. The molecule has 19 heavy (non-hydrogen) atoms. The van der Waals surface area contributed by atoms with Crippen LogP contribution in [0.1, 0.15) is 31.5 Å². The summed E-state index contributed by atoms with van der Waals surface area (Å²) in [6, 6.07) is 10.6. The second-order valence-corrected chi connectivity index (χ2v) is 5.42. The van der Waals surface area contributed by atoms with Crippen LogP contribution in [0, 0.1) is 0 Å². The minimum absolute atomic E-state index is 0.0906. The van der Waals surface area contributed by atoms with Gasteiger partial charge in [0.25, 0.3) is 0 Å². The van der Waals surface area contributed by atoms with Crippen LogP contribution in [0.3, 0.4) is 0 Å². The van der Waals surface area contributed by atoms with Gasteiger partial charge in [-0.2, -0.15) is 0 Å². The largest absolute Gasteiger partial charge is 0.306 e. The predicted molar refractivity (Wildman–Crippen MR) is 77.7 cm³/mol. The fourth-order valence-electron chi connectivity index (χ4n) is 1.94. The number of benzene rings is 1. The molecule has 0 unspecified atom stereocenters. The van der Waals surface area contributed by atoms with Crippen molar-refractivity contribution in [3.8, 4) is 0 Å². The average molecular weight is 255 g/mol. The first-order chi connectivity index (χ1) is 9.16. The van der Waals surface area contributed by atoms with E-state index in [9.17, 15) is 0 Å². The number of nitrogens with zero attached hydrogens (tertiary/aromatic N) is 2. The molecule has 0 aliphatic heterocycles. The van der Waals surface area contributed by atoms with E-state index in [1.165, 1.54) is 5.56 Å². The molecule has 3 heteroatoms. The van der Waals surface area contributed by atoms with Crippen molar-refractivity contribution in [1.29, 1.82) is 0 Å². The van der Waals surface area contributed by atoms with E-state index in [1.54, 1.807) is 18.6 Å². The van der Waals surface area contributed by atoms with Gasteiger partial charge in [-0.1, -0.05) is 30.3 Å². The lowest BCUT2D eigenvalue weighted by Gasteiger charge is -2.26. The number of hydrogen-bond acceptors (Lipinski definition) is 3. The van der Waals surface area contributed by atoms with Crippen molar-refractivity contribution in [2.24, 2.45) is 0 Å². The zero-order chi connectivity index (χ0) is 13.6. The van der Waals surface area contributed by atoms with Crippen LogP contribution in [-0.2, 0) is 13.0 Å². The molecule has 0 fully saturated rings. The second-order valence-electron chi connectivity index (χ2n) is 5.42. The Morgan fingerprint density at radius 1 is 1.11 bits per heavy atom. The molecule has 3 nitrogen and oxygen atoms in total. The van der Waals surface area contributed by atoms with Crippen LogP contribution in [0.25, 0.3) is 0 Å². The van der Waals surface area contributed by atoms with Crippen LogP contribution >= 0.6 is 0 Å². The van der Waals surface area contributed by atoms with Crippen molar-refractivity contribution in [2.45, 2.75) is 38.8 Å². The zero-order valence-corrected chi connectivity index (χ0v) is 11.6. The molecule has 100 valence electrons. The first kappa shape index (κ1) is 13.7. The molecule has 0 saturated heterocycles. The van der Waals surface area contributed by atoms with Gasteiger partial charge >= 0.3 is 0 Å². The Hall–Kier alpha value is -1.74. The lowest BCUT2D eigenvalue weighted by atomic mass is 9.95. The van der Waals surface area contributed by atoms with Crippen molar-refractivity contribution < 1.29 is 0 Å². The Bertz CT molecular complexity index is 434. The van der Waals surface area contributed by atoms with Crippen LogP contribution in [-0.4, -0.2) is 15.5 Å². The van der Waals surface area contributed by atoms with Gasteiger partial charge in [0.1, 0.15) is 0 Å². The fraction of sp³-hybridized carbons (Fsp3) is 0.375. The minimum Gasteiger partial charge on any atom is -0.306 e. The Morgan fingerprint density at radius 3 is 2.58 bits per heavy atom. The topological polar surface area (TPSA) is 37.8 Å². The molecule has 1 aromatic heterocycles. The highest BCUT2D eigenvalue weighted by atomic mass is 15.0. The van der Waals surface area contributed by atoms with E-state index in [4.69, 9.17) is 0 Å². The molecule has 1 aromatic carbocycles. The number of aryl methyl sites for hydroxylation is 1. The standard InChI is InChI=1S/C16H21N3/c1-16(2,9-8-14-6-4-3-5-7-14)19-13-15-12-17-10-11-18-15/h3-7,10-12,19H,8-9,13H2,1-2H3. The van der Waals surface area contributed by atoms with Gasteiger partial charge in [-0.25, -0.2) is 0 Å². The summed E-state index contributed by atoms with van der Waals surface area (Å²) in [4.78, 5) is 8.35. The van der Waals surface area contributed by atoms with E-state index in [0.717, 1.165) is 25.1 Å². The molecular formula is C16H21N3. The van der Waals surface area contributed by atoms with Gasteiger partial charge in [0.2, 0.25) is 0 Å². The van der Waals surface area contributed by atoms with E-state index >= 15 is 0 Å². The third-order valence-electron chi connectivity index (χ3n) is 3.25. The first-order valence-electron chi connectivity index (χ1n) is 6.70. The summed E-state index contributed by atoms with van der Waals surface area (Å²) >= 11 is 0. The maximum atomic E-state index is 4.28. The van der Waals surface area contributed by atoms with Crippen molar-refractivity contribution in [3.05, 3.63) is 60.2 Å². The molecule has 0 bridgehead atoms. The molecule has 0 radical (unpaired) electrons. The molecule has 0 spiro atoms. The average Bonchev–Trinajstić information content (AvgIpc) is 2.46. The van der Waals surface area contributed by atoms with E-state index in [1.807, 2.05) is 0 Å². The Balaban J connectivity index is 1.82. The molecule has 1 heterocycles. The smallest absolute Gasteiger partial charge is 0.0724 e. The van der Waals surface area contributed by atoms with Gasteiger partial charge in [-0.05, 0) is 32.3 Å². The SMILES string of the molecule is CC(C)(CCc1ccccc1)NCc1cnccn1. The molecule has 0 aliphatic rings. The van der Waals surface area contributed by atoms with Gasteiger partial charge in [0.15, 0.2) is 0 Å². The van der Waals surface area contributed by atoms with E-state index in [2.05, 4.69) is 59.5 Å².